The van der Waals surface area contributed by atoms with Crippen molar-refractivity contribution in [2.45, 2.75) is 6.92 Å². The Labute approximate surface area is 96.4 Å². The molecule has 2 rings (SSSR count). The first-order valence-corrected chi connectivity index (χ1v) is 5.59. The Balaban J connectivity index is 2.65. The number of rotatable bonds is 1. The fraction of sp³-hybridized carbons (Fsp3) is 0.182. The number of thiophene rings is 1. The summed E-state index contributed by atoms with van der Waals surface area (Å²) >= 11 is 7.44. The van der Waals surface area contributed by atoms with Crippen molar-refractivity contribution >= 4 is 39.0 Å². The highest BCUT2D eigenvalue weighted by Gasteiger charge is 2.12. The van der Waals surface area contributed by atoms with Crippen molar-refractivity contribution in [2.75, 3.05) is 7.11 Å². The minimum absolute atomic E-state index is 0.315. The summed E-state index contributed by atoms with van der Waals surface area (Å²) in [5.41, 5.74) is 1.08. The molecule has 78 valence electrons. The molecule has 0 amide bonds. The lowest BCUT2D eigenvalue weighted by Crippen LogP contribution is -1.96. The fourth-order valence-corrected chi connectivity index (χ4v) is 2.81. The lowest BCUT2D eigenvalue weighted by molar-refractivity contribution is 0.0606. The number of benzene rings is 1. The Bertz CT molecular complexity index is 531. The van der Waals surface area contributed by atoms with Crippen LogP contribution in [0.15, 0.2) is 18.2 Å². The standard InChI is InChI=1S/C11H9ClO2S/c1-6-3-7-5-9(11(13)14-2)15-10(7)8(12)4-6/h3-5H,1-2H3. The van der Waals surface area contributed by atoms with Crippen LogP contribution >= 0.6 is 22.9 Å². The van der Waals surface area contributed by atoms with E-state index in [-0.39, 0.29) is 5.97 Å². The summed E-state index contributed by atoms with van der Waals surface area (Å²) in [6.45, 7) is 1.97. The van der Waals surface area contributed by atoms with Gasteiger partial charge < -0.3 is 4.74 Å². The normalized spacial score (nSPS) is 10.6. The molecule has 0 unspecified atom stereocenters. The second-order valence-electron chi connectivity index (χ2n) is 3.27. The topological polar surface area (TPSA) is 26.3 Å². The largest absolute Gasteiger partial charge is 0.465 e. The number of esters is 1. The van der Waals surface area contributed by atoms with Gasteiger partial charge in [-0.15, -0.1) is 11.3 Å². The number of carbonyl (C=O) groups excluding carboxylic acids is 1. The van der Waals surface area contributed by atoms with Crippen LogP contribution in [0.5, 0.6) is 0 Å². The molecular formula is C11H9ClO2S. The number of carbonyl (C=O) groups is 1. The second-order valence-corrected chi connectivity index (χ2v) is 4.73. The molecule has 1 aromatic heterocycles. The molecule has 1 aromatic carbocycles. The van der Waals surface area contributed by atoms with Gasteiger partial charge in [0.05, 0.1) is 16.8 Å². The van der Waals surface area contributed by atoms with Crippen molar-refractivity contribution in [1.29, 1.82) is 0 Å². The first kappa shape index (κ1) is 10.5. The molecule has 0 saturated heterocycles. The van der Waals surface area contributed by atoms with Crippen LogP contribution in [-0.2, 0) is 4.74 Å². The first-order chi connectivity index (χ1) is 7.11. The molecule has 0 aliphatic heterocycles. The van der Waals surface area contributed by atoms with E-state index in [0.717, 1.165) is 15.6 Å². The van der Waals surface area contributed by atoms with Crippen LogP contribution in [0.2, 0.25) is 5.02 Å². The van der Waals surface area contributed by atoms with Crippen LogP contribution in [0.1, 0.15) is 15.2 Å². The van der Waals surface area contributed by atoms with Crippen LogP contribution in [0.25, 0.3) is 10.1 Å². The third-order valence-electron chi connectivity index (χ3n) is 2.10. The van der Waals surface area contributed by atoms with Gasteiger partial charge in [-0.05, 0) is 30.0 Å². The van der Waals surface area contributed by atoms with Gasteiger partial charge in [-0.3, -0.25) is 0 Å². The fourth-order valence-electron chi connectivity index (χ4n) is 1.45. The summed E-state index contributed by atoms with van der Waals surface area (Å²) in [7, 11) is 1.37. The first-order valence-electron chi connectivity index (χ1n) is 4.40. The van der Waals surface area contributed by atoms with Gasteiger partial charge in [0.25, 0.3) is 0 Å². The Hall–Kier alpha value is -1.06. The van der Waals surface area contributed by atoms with E-state index in [9.17, 15) is 4.79 Å². The van der Waals surface area contributed by atoms with E-state index in [0.29, 0.717) is 9.90 Å². The van der Waals surface area contributed by atoms with Gasteiger partial charge in [0, 0.05) is 0 Å². The summed E-state index contributed by atoms with van der Waals surface area (Å²) in [5, 5.41) is 1.68. The van der Waals surface area contributed by atoms with E-state index in [1.54, 1.807) is 0 Å². The van der Waals surface area contributed by atoms with Crippen LogP contribution in [0, 0.1) is 6.92 Å². The van der Waals surface area contributed by atoms with Gasteiger partial charge >= 0.3 is 5.97 Å². The van der Waals surface area contributed by atoms with E-state index in [1.807, 2.05) is 25.1 Å². The number of hydrogen-bond donors (Lipinski definition) is 0. The summed E-state index contributed by atoms with van der Waals surface area (Å²) in [5.74, 6) is -0.315. The van der Waals surface area contributed by atoms with Gasteiger partial charge in [-0.1, -0.05) is 17.7 Å². The Morgan fingerprint density at radius 1 is 1.40 bits per heavy atom. The van der Waals surface area contributed by atoms with Gasteiger partial charge in [0.2, 0.25) is 0 Å². The van der Waals surface area contributed by atoms with Crippen molar-refractivity contribution in [3.8, 4) is 0 Å². The Morgan fingerprint density at radius 3 is 2.80 bits per heavy atom. The summed E-state index contributed by atoms with van der Waals surface area (Å²) < 4.78 is 5.60. The van der Waals surface area contributed by atoms with E-state index in [1.165, 1.54) is 18.4 Å². The van der Waals surface area contributed by atoms with E-state index in [4.69, 9.17) is 11.6 Å². The van der Waals surface area contributed by atoms with E-state index in [2.05, 4.69) is 4.74 Å². The van der Waals surface area contributed by atoms with Gasteiger partial charge in [0.15, 0.2) is 0 Å². The predicted molar refractivity (Wildman–Crippen MR) is 62.9 cm³/mol. The van der Waals surface area contributed by atoms with Crippen LogP contribution in [-0.4, -0.2) is 13.1 Å². The van der Waals surface area contributed by atoms with Gasteiger partial charge in [0.1, 0.15) is 4.88 Å². The SMILES string of the molecule is COC(=O)c1cc2cc(C)cc(Cl)c2s1. The maximum Gasteiger partial charge on any atom is 0.348 e. The molecule has 4 heteroatoms. The number of aryl methyl sites for hydroxylation is 1. The summed E-state index contributed by atoms with van der Waals surface area (Å²) in [4.78, 5) is 11.9. The minimum Gasteiger partial charge on any atom is -0.465 e. The van der Waals surface area contributed by atoms with Crippen molar-refractivity contribution < 1.29 is 9.53 Å². The quantitative estimate of drug-likeness (QED) is 0.712. The van der Waals surface area contributed by atoms with Crippen LogP contribution in [0.4, 0.5) is 0 Å². The zero-order valence-corrected chi connectivity index (χ0v) is 9.91. The lowest BCUT2D eigenvalue weighted by atomic mass is 10.2. The Morgan fingerprint density at radius 2 is 2.13 bits per heavy atom. The summed E-state index contributed by atoms with van der Waals surface area (Å²) in [6.07, 6.45) is 0. The summed E-state index contributed by atoms with van der Waals surface area (Å²) in [6, 6.07) is 5.70. The molecule has 0 aliphatic carbocycles. The highest BCUT2D eigenvalue weighted by Crippen LogP contribution is 2.33. The smallest absolute Gasteiger partial charge is 0.348 e. The number of ether oxygens (including phenoxy) is 1. The number of hydrogen-bond acceptors (Lipinski definition) is 3. The molecule has 2 nitrogen and oxygen atoms in total. The van der Waals surface area contributed by atoms with Crippen molar-refractivity contribution in [1.82, 2.24) is 0 Å². The molecule has 0 atom stereocenters. The number of halogens is 1. The zero-order chi connectivity index (χ0) is 11.0. The second kappa shape index (κ2) is 3.83. The molecule has 0 spiro atoms. The van der Waals surface area contributed by atoms with Gasteiger partial charge in [-0.25, -0.2) is 4.79 Å². The number of methoxy groups -OCH3 is 1. The Kier molecular flexibility index (Phi) is 2.67. The molecular weight excluding hydrogens is 232 g/mol. The highest BCUT2D eigenvalue weighted by atomic mass is 35.5. The maximum atomic E-state index is 11.3. The van der Waals surface area contributed by atoms with Crippen LogP contribution in [0.3, 0.4) is 0 Å². The molecule has 15 heavy (non-hydrogen) atoms. The average Bonchev–Trinajstić information content (AvgIpc) is 2.60. The van der Waals surface area contributed by atoms with E-state index >= 15 is 0 Å². The molecule has 0 bridgehead atoms. The van der Waals surface area contributed by atoms with Crippen molar-refractivity contribution in [2.24, 2.45) is 0 Å². The molecule has 0 N–H and O–H groups in total. The number of fused-ring (bicyclic) bond motifs is 1. The molecule has 0 saturated carbocycles. The molecule has 1 heterocycles. The van der Waals surface area contributed by atoms with Gasteiger partial charge in [-0.2, -0.15) is 0 Å². The zero-order valence-electron chi connectivity index (χ0n) is 8.33. The lowest BCUT2D eigenvalue weighted by Gasteiger charge is -1.95. The highest BCUT2D eigenvalue weighted by molar-refractivity contribution is 7.21. The third kappa shape index (κ3) is 1.85. The maximum absolute atomic E-state index is 11.3. The monoisotopic (exact) mass is 240 g/mol. The van der Waals surface area contributed by atoms with Crippen molar-refractivity contribution in [3.05, 3.63) is 33.7 Å². The van der Waals surface area contributed by atoms with Crippen LogP contribution < -0.4 is 0 Å². The third-order valence-corrected chi connectivity index (χ3v) is 3.68. The average molecular weight is 241 g/mol. The minimum atomic E-state index is -0.315. The molecule has 0 fully saturated rings. The van der Waals surface area contributed by atoms with Crippen molar-refractivity contribution in [3.63, 3.8) is 0 Å². The molecule has 0 aliphatic rings. The molecule has 2 aromatic rings. The predicted octanol–water partition coefficient (Wildman–Crippen LogP) is 3.65. The van der Waals surface area contributed by atoms with E-state index < -0.39 is 0 Å². The molecule has 0 radical (unpaired) electrons.